The smallest absolute Gasteiger partial charge is 0.337 e. The van der Waals surface area contributed by atoms with Crippen LogP contribution in [0.25, 0.3) is 0 Å². The van der Waals surface area contributed by atoms with Gasteiger partial charge in [-0.15, -0.1) is 0 Å². The van der Waals surface area contributed by atoms with Crippen molar-refractivity contribution in [2.75, 3.05) is 20.3 Å². The van der Waals surface area contributed by atoms with Gasteiger partial charge in [0.2, 0.25) is 0 Å². The molecule has 0 N–H and O–H groups in total. The van der Waals surface area contributed by atoms with Gasteiger partial charge in [-0.1, -0.05) is 18.6 Å². The monoisotopic (exact) mass is 278 g/mol. The van der Waals surface area contributed by atoms with E-state index in [1.54, 1.807) is 0 Å². The summed E-state index contributed by atoms with van der Waals surface area (Å²) in [7, 11) is 1.40. The van der Waals surface area contributed by atoms with Crippen molar-refractivity contribution in [3.8, 4) is 0 Å². The number of rotatable bonds is 7. The van der Waals surface area contributed by atoms with Gasteiger partial charge in [0.05, 0.1) is 25.9 Å². The molecule has 0 bridgehead atoms. The molecule has 4 heteroatoms. The van der Waals surface area contributed by atoms with Crippen LogP contribution < -0.4 is 0 Å². The summed E-state index contributed by atoms with van der Waals surface area (Å²) in [5, 5.41) is 0. The second-order valence-corrected chi connectivity index (χ2v) is 4.96. The number of unbranched alkanes of at least 4 members (excludes halogenated alkanes) is 2. The molecule has 0 saturated carbocycles. The largest absolute Gasteiger partial charge is 0.465 e. The lowest BCUT2D eigenvalue weighted by Gasteiger charge is -2.08. The van der Waals surface area contributed by atoms with E-state index in [1.165, 1.54) is 19.1 Å². The molecule has 0 aromatic heterocycles. The Kier molecular flexibility index (Phi) is 6.02. The number of carbonyl (C=O) groups excluding carboxylic acids is 1. The average molecular weight is 278 g/mol. The summed E-state index contributed by atoms with van der Waals surface area (Å²) in [6, 6.07) is 7.63. The number of esters is 1. The van der Waals surface area contributed by atoms with E-state index in [0.29, 0.717) is 5.56 Å². The lowest BCUT2D eigenvalue weighted by Crippen LogP contribution is -2.06. The maximum absolute atomic E-state index is 11.3. The highest BCUT2D eigenvalue weighted by Gasteiger charge is 2.14. The third kappa shape index (κ3) is 4.62. The van der Waals surface area contributed by atoms with Crippen molar-refractivity contribution in [3.05, 3.63) is 35.4 Å². The molecule has 20 heavy (non-hydrogen) atoms. The van der Waals surface area contributed by atoms with Crippen LogP contribution in [0.3, 0.4) is 0 Å². The zero-order valence-electron chi connectivity index (χ0n) is 12.0. The Morgan fingerprint density at radius 1 is 1.15 bits per heavy atom. The third-order valence-corrected chi connectivity index (χ3v) is 3.47. The van der Waals surface area contributed by atoms with E-state index in [0.717, 1.165) is 38.9 Å². The SMILES string of the molecule is COC(=O)c1ccc(CCCCCC2OCCO2)cc1. The normalized spacial score (nSPS) is 15.4. The Hall–Kier alpha value is -1.39. The molecule has 1 aliphatic heterocycles. The number of benzene rings is 1. The topological polar surface area (TPSA) is 44.8 Å². The van der Waals surface area contributed by atoms with Crippen LogP contribution in [0.15, 0.2) is 24.3 Å². The van der Waals surface area contributed by atoms with Crippen molar-refractivity contribution in [2.45, 2.75) is 38.4 Å². The Morgan fingerprint density at radius 2 is 1.85 bits per heavy atom. The average Bonchev–Trinajstić information content (AvgIpc) is 3.00. The van der Waals surface area contributed by atoms with Gasteiger partial charge >= 0.3 is 5.97 Å². The summed E-state index contributed by atoms with van der Waals surface area (Å²) in [5.74, 6) is -0.284. The Labute approximate surface area is 120 Å². The van der Waals surface area contributed by atoms with Gasteiger partial charge in [0.25, 0.3) is 0 Å². The highest BCUT2D eigenvalue weighted by Crippen LogP contribution is 2.14. The van der Waals surface area contributed by atoms with E-state index >= 15 is 0 Å². The van der Waals surface area contributed by atoms with Crippen LogP contribution in [-0.2, 0) is 20.6 Å². The van der Waals surface area contributed by atoms with E-state index in [9.17, 15) is 4.79 Å². The quantitative estimate of drug-likeness (QED) is 0.568. The lowest BCUT2D eigenvalue weighted by molar-refractivity contribution is -0.0479. The molecule has 1 aromatic rings. The molecule has 1 heterocycles. The standard InChI is InChI=1S/C16H22O4/c1-18-16(17)14-9-7-13(8-10-14)5-3-2-4-6-15-19-11-12-20-15/h7-10,15H,2-6,11-12H2,1H3. The van der Waals surface area contributed by atoms with E-state index in [4.69, 9.17) is 9.47 Å². The number of hydrogen-bond donors (Lipinski definition) is 0. The summed E-state index contributed by atoms with van der Waals surface area (Å²) >= 11 is 0. The molecule has 0 amide bonds. The first-order valence-electron chi connectivity index (χ1n) is 7.20. The first-order valence-corrected chi connectivity index (χ1v) is 7.20. The minimum atomic E-state index is -0.284. The van der Waals surface area contributed by atoms with Gasteiger partial charge in [-0.2, -0.15) is 0 Å². The molecule has 0 unspecified atom stereocenters. The van der Waals surface area contributed by atoms with Crippen LogP contribution in [0, 0.1) is 0 Å². The highest BCUT2D eigenvalue weighted by atomic mass is 16.7. The van der Waals surface area contributed by atoms with Gasteiger partial charge in [0, 0.05) is 0 Å². The van der Waals surface area contributed by atoms with Gasteiger partial charge in [-0.25, -0.2) is 4.79 Å². The summed E-state index contributed by atoms with van der Waals surface area (Å²) in [6.07, 6.45) is 5.49. The van der Waals surface area contributed by atoms with Crippen LogP contribution in [0.2, 0.25) is 0 Å². The molecule has 1 aromatic carbocycles. The molecule has 0 atom stereocenters. The summed E-state index contributed by atoms with van der Waals surface area (Å²) in [6.45, 7) is 1.47. The number of hydrogen-bond acceptors (Lipinski definition) is 4. The summed E-state index contributed by atoms with van der Waals surface area (Å²) < 4.78 is 15.5. The number of aryl methyl sites for hydroxylation is 1. The van der Waals surface area contributed by atoms with Crippen molar-refractivity contribution in [1.82, 2.24) is 0 Å². The van der Waals surface area contributed by atoms with Gasteiger partial charge in [-0.05, 0) is 43.4 Å². The second-order valence-electron chi connectivity index (χ2n) is 4.96. The van der Waals surface area contributed by atoms with E-state index in [1.807, 2.05) is 24.3 Å². The van der Waals surface area contributed by atoms with Crippen LogP contribution >= 0.6 is 0 Å². The lowest BCUT2D eigenvalue weighted by atomic mass is 10.0. The fourth-order valence-electron chi connectivity index (χ4n) is 2.32. The first kappa shape index (κ1) is 15.0. The highest BCUT2D eigenvalue weighted by molar-refractivity contribution is 5.89. The first-order chi connectivity index (χ1) is 9.79. The van der Waals surface area contributed by atoms with E-state index < -0.39 is 0 Å². The molecule has 0 aliphatic carbocycles. The minimum absolute atomic E-state index is 0.0225. The Balaban J connectivity index is 1.62. The van der Waals surface area contributed by atoms with Crippen LogP contribution in [-0.4, -0.2) is 32.6 Å². The fraction of sp³-hybridized carbons (Fsp3) is 0.562. The predicted octanol–water partition coefficient (Wildman–Crippen LogP) is 2.95. The van der Waals surface area contributed by atoms with Crippen LogP contribution in [0.4, 0.5) is 0 Å². The van der Waals surface area contributed by atoms with Gasteiger partial charge < -0.3 is 14.2 Å². The zero-order valence-corrected chi connectivity index (χ0v) is 12.0. The molecule has 2 rings (SSSR count). The Morgan fingerprint density at radius 3 is 2.50 bits per heavy atom. The molecule has 0 spiro atoms. The van der Waals surface area contributed by atoms with Crippen molar-refractivity contribution in [1.29, 1.82) is 0 Å². The summed E-state index contributed by atoms with van der Waals surface area (Å²) in [4.78, 5) is 11.3. The second kappa shape index (κ2) is 8.02. The van der Waals surface area contributed by atoms with Crippen LogP contribution in [0.1, 0.15) is 41.6 Å². The maximum Gasteiger partial charge on any atom is 0.337 e. The van der Waals surface area contributed by atoms with Crippen molar-refractivity contribution in [2.24, 2.45) is 0 Å². The number of methoxy groups -OCH3 is 1. The molecule has 0 radical (unpaired) electrons. The molecule has 110 valence electrons. The van der Waals surface area contributed by atoms with Gasteiger partial charge in [-0.3, -0.25) is 0 Å². The molecule has 1 saturated heterocycles. The Bertz CT molecular complexity index is 407. The minimum Gasteiger partial charge on any atom is -0.465 e. The molecule has 4 nitrogen and oxygen atoms in total. The predicted molar refractivity (Wildman–Crippen MR) is 75.6 cm³/mol. The molecular weight excluding hydrogens is 256 g/mol. The third-order valence-electron chi connectivity index (χ3n) is 3.47. The van der Waals surface area contributed by atoms with Gasteiger partial charge in [0.15, 0.2) is 6.29 Å². The molecule has 1 fully saturated rings. The number of carbonyl (C=O) groups is 1. The summed E-state index contributed by atoms with van der Waals surface area (Å²) in [5.41, 5.74) is 1.86. The van der Waals surface area contributed by atoms with Crippen molar-refractivity contribution < 1.29 is 19.0 Å². The fourth-order valence-corrected chi connectivity index (χ4v) is 2.32. The molecular formula is C16H22O4. The maximum atomic E-state index is 11.3. The van der Waals surface area contributed by atoms with Gasteiger partial charge in [0.1, 0.15) is 0 Å². The molecule has 1 aliphatic rings. The van der Waals surface area contributed by atoms with Crippen molar-refractivity contribution in [3.63, 3.8) is 0 Å². The van der Waals surface area contributed by atoms with E-state index in [-0.39, 0.29) is 12.3 Å². The zero-order chi connectivity index (χ0) is 14.2. The van der Waals surface area contributed by atoms with Crippen LogP contribution in [0.5, 0.6) is 0 Å². The number of ether oxygens (including phenoxy) is 3. The van der Waals surface area contributed by atoms with Crippen molar-refractivity contribution >= 4 is 5.97 Å². The van der Waals surface area contributed by atoms with E-state index in [2.05, 4.69) is 4.74 Å².